The molecule has 0 unspecified atom stereocenters. The second kappa shape index (κ2) is 10.0. The SMILES string of the molecule is CN=CC(=CN)C(=O)c1ccc(-n2cc(C)c(Nc3ccc(N)c(C=N)c3Cl)n2)cc1OC. The molecule has 1 aromatic heterocycles. The van der Waals surface area contributed by atoms with Crippen LogP contribution in [0, 0.1) is 12.3 Å². The van der Waals surface area contributed by atoms with Crippen LogP contribution in [0.2, 0.25) is 5.02 Å². The number of nitrogens with two attached hydrogens (primary N) is 2. The molecule has 1 heterocycles. The fourth-order valence-corrected chi connectivity index (χ4v) is 3.45. The van der Waals surface area contributed by atoms with Crippen LogP contribution < -0.4 is 21.5 Å². The molecule has 0 aliphatic heterocycles. The van der Waals surface area contributed by atoms with Crippen molar-refractivity contribution in [2.24, 2.45) is 10.7 Å². The van der Waals surface area contributed by atoms with Crippen molar-refractivity contribution in [2.75, 3.05) is 25.2 Å². The van der Waals surface area contributed by atoms with Gasteiger partial charge in [-0.25, -0.2) is 4.68 Å². The summed E-state index contributed by atoms with van der Waals surface area (Å²) >= 11 is 6.39. The number of nitrogens with one attached hydrogen (secondary N) is 2. The molecular weight excluding hydrogens is 442 g/mol. The Balaban J connectivity index is 1.95. The van der Waals surface area contributed by atoms with Gasteiger partial charge in [0.05, 0.1) is 34.6 Å². The van der Waals surface area contributed by atoms with Crippen molar-refractivity contribution in [3.8, 4) is 11.4 Å². The van der Waals surface area contributed by atoms with Crippen molar-refractivity contribution in [2.45, 2.75) is 6.92 Å². The largest absolute Gasteiger partial charge is 0.496 e. The molecule has 0 aliphatic rings. The van der Waals surface area contributed by atoms with Gasteiger partial charge in [-0.05, 0) is 31.2 Å². The number of carbonyl (C=O) groups excluding carboxylic acids is 1. The first-order valence-corrected chi connectivity index (χ1v) is 10.2. The summed E-state index contributed by atoms with van der Waals surface area (Å²) in [5.41, 5.74) is 15.0. The topological polar surface area (TPSA) is 144 Å². The number of halogens is 1. The average molecular weight is 466 g/mol. The van der Waals surface area contributed by atoms with Crippen LogP contribution in [0.3, 0.4) is 0 Å². The molecule has 9 nitrogen and oxygen atoms in total. The normalized spacial score (nSPS) is 11.6. The van der Waals surface area contributed by atoms with Gasteiger partial charge in [0.25, 0.3) is 0 Å². The van der Waals surface area contributed by atoms with Gasteiger partial charge in [0, 0.05) is 54.8 Å². The zero-order valence-electron chi connectivity index (χ0n) is 18.4. The third-order valence-corrected chi connectivity index (χ3v) is 5.32. The molecule has 170 valence electrons. The number of Topliss-reactive ketones (excluding diaryl/α,β-unsaturated/α-hetero) is 1. The number of ether oxygens (including phenoxy) is 1. The van der Waals surface area contributed by atoms with E-state index in [1.165, 1.54) is 19.5 Å². The summed E-state index contributed by atoms with van der Waals surface area (Å²) in [4.78, 5) is 16.6. The Morgan fingerprint density at radius 3 is 2.73 bits per heavy atom. The van der Waals surface area contributed by atoms with Crippen molar-refractivity contribution < 1.29 is 9.53 Å². The minimum absolute atomic E-state index is 0.259. The van der Waals surface area contributed by atoms with Gasteiger partial charge < -0.3 is 26.9 Å². The first-order chi connectivity index (χ1) is 15.8. The van der Waals surface area contributed by atoms with E-state index < -0.39 is 0 Å². The molecule has 0 radical (unpaired) electrons. The Morgan fingerprint density at radius 2 is 2.09 bits per heavy atom. The highest BCUT2D eigenvalue weighted by Gasteiger charge is 2.18. The molecule has 10 heteroatoms. The fraction of sp³-hybridized carbons (Fsp3) is 0.130. The van der Waals surface area contributed by atoms with Crippen LogP contribution in [0.4, 0.5) is 17.2 Å². The number of hydrogen-bond acceptors (Lipinski definition) is 8. The molecule has 0 saturated carbocycles. The third-order valence-electron chi connectivity index (χ3n) is 4.91. The third kappa shape index (κ3) is 4.73. The number of allylic oxidation sites excluding steroid dienone is 1. The smallest absolute Gasteiger partial charge is 0.199 e. The quantitative estimate of drug-likeness (QED) is 0.172. The fourth-order valence-electron chi connectivity index (χ4n) is 3.18. The number of carbonyl (C=O) groups is 1. The molecule has 0 aliphatic carbocycles. The molecule has 0 spiro atoms. The highest BCUT2D eigenvalue weighted by Crippen LogP contribution is 2.32. The lowest BCUT2D eigenvalue weighted by molar-refractivity contribution is 0.103. The molecule has 6 N–H and O–H groups in total. The monoisotopic (exact) mass is 465 g/mol. The summed E-state index contributed by atoms with van der Waals surface area (Å²) in [5, 5.41) is 15.6. The van der Waals surface area contributed by atoms with E-state index in [1.54, 1.807) is 42.1 Å². The number of nitrogen functional groups attached to an aromatic ring is 1. The minimum Gasteiger partial charge on any atom is -0.496 e. The van der Waals surface area contributed by atoms with E-state index in [2.05, 4.69) is 15.4 Å². The molecule has 2 aromatic carbocycles. The Hall–Kier alpha value is -4.11. The second-order valence-corrected chi connectivity index (χ2v) is 7.41. The number of aromatic nitrogens is 2. The Labute approximate surface area is 196 Å². The highest BCUT2D eigenvalue weighted by molar-refractivity contribution is 6.36. The predicted molar refractivity (Wildman–Crippen MR) is 133 cm³/mol. The minimum atomic E-state index is -0.300. The van der Waals surface area contributed by atoms with Crippen LogP contribution in [0.15, 0.2) is 53.3 Å². The standard InChI is InChI=1S/C23H24ClN7O2/c1-13-12-31(30-23(13)29-19-7-6-18(27)17(10-26)21(19)24)15-4-5-16(20(8-15)33-3)22(32)14(9-25)11-28-2/h4-12,26H,25,27H2,1-3H3,(H,29,30). The molecule has 0 amide bonds. The van der Waals surface area contributed by atoms with Crippen LogP contribution in [0.1, 0.15) is 21.5 Å². The molecule has 0 fully saturated rings. The molecule has 3 aromatic rings. The molecule has 3 rings (SSSR count). The maximum absolute atomic E-state index is 12.8. The summed E-state index contributed by atoms with van der Waals surface area (Å²) in [7, 11) is 3.05. The summed E-state index contributed by atoms with van der Waals surface area (Å²) < 4.78 is 7.10. The highest BCUT2D eigenvalue weighted by atomic mass is 35.5. The van der Waals surface area contributed by atoms with Gasteiger partial charge in [0.2, 0.25) is 0 Å². The van der Waals surface area contributed by atoms with E-state index in [0.717, 1.165) is 11.8 Å². The van der Waals surface area contributed by atoms with Crippen LogP contribution >= 0.6 is 11.6 Å². The van der Waals surface area contributed by atoms with Crippen molar-refractivity contribution in [3.63, 3.8) is 0 Å². The number of anilines is 3. The summed E-state index contributed by atoms with van der Waals surface area (Å²) in [5.74, 6) is 0.649. The van der Waals surface area contributed by atoms with E-state index >= 15 is 0 Å². The Kier molecular flexibility index (Phi) is 7.14. The number of nitrogens with zero attached hydrogens (tertiary/aromatic N) is 3. The maximum atomic E-state index is 12.8. The van der Waals surface area contributed by atoms with Gasteiger partial charge in [-0.3, -0.25) is 9.79 Å². The number of ketones is 1. The number of benzene rings is 2. The summed E-state index contributed by atoms with van der Waals surface area (Å²) in [6, 6.07) is 8.53. The second-order valence-electron chi connectivity index (χ2n) is 7.03. The first-order valence-electron chi connectivity index (χ1n) is 9.83. The Bertz CT molecular complexity index is 1280. The van der Waals surface area contributed by atoms with E-state index in [4.69, 9.17) is 33.2 Å². The van der Waals surface area contributed by atoms with Crippen LogP contribution in [-0.4, -0.2) is 42.2 Å². The number of hydrogen-bond donors (Lipinski definition) is 4. The zero-order chi connectivity index (χ0) is 24.1. The molecule has 0 atom stereocenters. The summed E-state index contributed by atoms with van der Waals surface area (Å²) in [6.45, 7) is 1.89. The zero-order valence-corrected chi connectivity index (χ0v) is 19.1. The van der Waals surface area contributed by atoms with E-state index in [1.807, 2.05) is 13.1 Å². The van der Waals surface area contributed by atoms with Crippen LogP contribution in [-0.2, 0) is 0 Å². The number of aliphatic imine (C=N–C) groups is 1. The van der Waals surface area contributed by atoms with E-state index in [0.29, 0.717) is 44.8 Å². The van der Waals surface area contributed by atoms with Crippen LogP contribution in [0.5, 0.6) is 5.75 Å². The van der Waals surface area contributed by atoms with Crippen molar-refractivity contribution in [1.29, 1.82) is 5.41 Å². The molecule has 0 bridgehead atoms. The van der Waals surface area contributed by atoms with Gasteiger partial charge in [0.1, 0.15) is 5.75 Å². The molecule has 0 saturated heterocycles. The number of rotatable bonds is 8. The van der Waals surface area contributed by atoms with E-state index in [-0.39, 0.29) is 11.4 Å². The maximum Gasteiger partial charge on any atom is 0.199 e. The average Bonchev–Trinajstić information content (AvgIpc) is 3.18. The molecular formula is C23H24ClN7O2. The van der Waals surface area contributed by atoms with Gasteiger partial charge in [-0.15, -0.1) is 5.10 Å². The lowest BCUT2D eigenvalue weighted by Gasteiger charge is -2.11. The van der Waals surface area contributed by atoms with Gasteiger partial charge >= 0.3 is 0 Å². The summed E-state index contributed by atoms with van der Waals surface area (Å²) in [6.07, 6.45) is 5.55. The van der Waals surface area contributed by atoms with Gasteiger partial charge in [-0.2, -0.15) is 0 Å². The number of methoxy groups -OCH3 is 1. The van der Waals surface area contributed by atoms with Crippen LogP contribution in [0.25, 0.3) is 5.69 Å². The lowest BCUT2D eigenvalue weighted by atomic mass is 10.0. The van der Waals surface area contributed by atoms with Gasteiger partial charge in [-0.1, -0.05) is 11.6 Å². The lowest BCUT2D eigenvalue weighted by Crippen LogP contribution is -2.09. The van der Waals surface area contributed by atoms with Gasteiger partial charge in [0.15, 0.2) is 11.6 Å². The first kappa shape index (κ1) is 23.6. The van der Waals surface area contributed by atoms with E-state index in [9.17, 15) is 4.79 Å². The predicted octanol–water partition coefficient (Wildman–Crippen LogP) is 3.89. The Morgan fingerprint density at radius 1 is 1.33 bits per heavy atom. The number of aryl methyl sites for hydroxylation is 1. The molecule has 33 heavy (non-hydrogen) atoms. The van der Waals surface area contributed by atoms with Crippen molar-refractivity contribution >= 4 is 47.0 Å². The van der Waals surface area contributed by atoms with Crippen molar-refractivity contribution in [1.82, 2.24) is 9.78 Å². The van der Waals surface area contributed by atoms with Crippen molar-refractivity contribution in [3.05, 3.63) is 70.0 Å².